The van der Waals surface area contributed by atoms with Crippen LogP contribution in [0, 0.1) is 5.92 Å². The van der Waals surface area contributed by atoms with Gasteiger partial charge in [0.05, 0.1) is 12.0 Å². The van der Waals surface area contributed by atoms with Crippen molar-refractivity contribution < 1.29 is 78.9 Å². The van der Waals surface area contributed by atoms with Crippen molar-refractivity contribution >= 4 is 11.9 Å². The molecule has 1 saturated heterocycles. The maximum atomic E-state index is 10.1. The molecule has 1 aliphatic heterocycles. The molecule has 5 nitrogen and oxygen atoms in total. The van der Waals surface area contributed by atoms with Crippen LogP contribution in [0.5, 0.6) is 0 Å². The van der Waals surface area contributed by atoms with Crippen molar-refractivity contribution in [2.75, 3.05) is 6.54 Å². The molecule has 1 rings (SSSR count). The molecule has 12 heavy (non-hydrogen) atoms. The van der Waals surface area contributed by atoms with Crippen LogP contribution in [0.4, 0.5) is 0 Å². The largest absolute Gasteiger partial charge is 1.00 e. The Labute approximate surface area is 113 Å². The molecule has 0 bridgehead atoms. The van der Waals surface area contributed by atoms with Crippen molar-refractivity contribution in [2.45, 2.75) is 6.04 Å². The standard InChI is InChI=1S/C5H7NO4.2Na/c7-4(8)2-1-6-3(2)5(9)10;;/h2-3,6H,1H2,(H,7,8)(H,9,10);;/q;2*+1/p-2. The summed E-state index contributed by atoms with van der Waals surface area (Å²) in [6, 6.07) is -1.06. The van der Waals surface area contributed by atoms with Crippen LogP contribution < -0.4 is 74.6 Å². The molecule has 56 valence electrons. The minimum atomic E-state index is -1.39. The summed E-state index contributed by atoms with van der Waals surface area (Å²) in [5.74, 6) is -3.65. The molecule has 0 aromatic rings. The van der Waals surface area contributed by atoms with Crippen LogP contribution in [0.2, 0.25) is 0 Å². The molecule has 1 fully saturated rings. The van der Waals surface area contributed by atoms with E-state index in [-0.39, 0.29) is 65.7 Å². The number of carboxylic acids is 2. The average molecular weight is 189 g/mol. The minimum Gasteiger partial charge on any atom is -0.550 e. The predicted octanol–water partition coefficient (Wildman–Crippen LogP) is -9.92. The van der Waals surface area contributed by atoms with Gasteiger partial charge in [0.25, 0.3) is 0 Å². The molecule has 0 aromatic carbocycles. The van der Waals surface area contributed by atoms with Crippen molar-refractivity contribution in [3.05, 3.63) is 0 Å². The fourth-order valence-corrected chi connectivity index (χ4v) is 0.821. The molecule has 0 aromatic heterocycles. The van der Waals surface area contributed by atoms with Gasteiger partial charge >= 0.3 is 59.1 Å². The number of nitrogens with one attached hydrogen (secondary N) is 1. The van der Waals surface area contributed by atoms with Crippen LogP contribution >= 0.6 is 0 Å². The molecule has 7 heteroatoms. The van der Waals surface area contributed by atoms with E-state index in [0.29, 0.717) is 0 Å². The van der Waals surface area contributed by atoms with Gasteiger partial charge in [-0.1, -0.05) is 0 Å². The second-order valence-corrected chi connectivity index (χ2v) is 2.13. The molecule has 0 aliphatic carbocycles. The number of carbonyl (C=O) groups excluding carboxylic acids is 2. The molecule has 0 amide bonds. The number of rotatable bonds is 2. The first-order valence-corrected chi connectivity index (χ1v) is 2.78. The molecule has 2 atom stereocenters. The summed E-state index contributed by atoms with van der Waals surface area (Å²) in [6.45, 7) is 0.154. The van der Waals surface area contributed by atoms with Gasteiger partial charge in [-0.15, -0.1) is 0 Å². The quantitative estimate of drug-likeness (QED) is 0.435. The van der Waals surface area contributed by atoms with Crippen molar-refractivity contribution in [3.8, 4) is 0 Å². The van der Waals surface area contributed by atoms with Crippen molar-refractivity contribution in [1.29, 1.82) is 0 Å². The maximum absolute atomic E-state index is 10.1. The predicted molar refractivity (Wildman–Crippen MR) is 25.3 cm³/mol. The van der Waals surface area contributed by atoms with Gasteiger partial charge in [-0.05, 0) is 0 Å². The van der Waals surface area contributed by atoms with Gasteiger partial charge in [-0.2, -0.15) is 0 Å². The van der Waals surface area contributed by atoms with Crippen LogP contribution in [-0.4, -0.2) is 24.5 Å². The first-order chi connectivity index (χ1) is 4.63. The third-order valence-electron chi connectivity index (χ3n) is 1.52. The number of hydrogen-bond acceptors (Lipinski definition) is 5. The second-order valence-electron chi connectivity index (χ2n) is 2.13. The zero-order valence-electron chi connectivity index (χ0n) is 6.99. The Morgan fingerprint density at radius 1 is 1.17 bits per heavy atom. The Bertz CT molecular complexity index is 166. The number of carboxylic acid groups (broad SMARTS) is 2. The fraction of sp³-hybridized carbons (Fsp3) is 0.600. The van der Waals surface area contributed by atoms with E-state index < -0.39 is 23.9 Å². The third kappa shape index (κ3) is 3.33. The van der Waals surface area contributed by atoms with Crippen molar-refractivity contribution in [1.82, 2.24) is 5.32 Å². The second kappa shape index (κ2) is 6.37. The molecule has 1 heterocycles. The summed E-state index contributed by atoms with van der Waals surface area (Å²) in [4.78, 5) is 20.1. The van der Waals surface area contributed by atoms with Crippen LogP contribution in [0.15, 0.2) is 0 Å². The minimum absolute atomic E-state index is 0. The average Bonchev–Trinajstić information content (AvgIpc) is 1.56. The van der Waals surface area contributed by atoms with Crippen LogP contribution in [-0.2, 0) is 9.59 Å². The van der Waals surface area contributed by atoms with E-state index in [4.69, 9.17) is 0 Å². The molecule has 2 unspecified atom stereocenters. The van der Waals surface area contributed by atoms with Gasteiger partial charge in [0.2, 0.25) is 0 Å². The molecule has 1 N–H and O–H groups in total. The monoisotopic (exact) mass is 189 g/mol. The van der Waals surface area contributed by atoms with Gasteiger partial charge in [0, 0.05) is 18.4 Å². The molecular formula is C5H5NNa2O4. The van der Waals surface area contributed by atoms with E-state index in [1.54, 1.807) is 0 Å². The Morgan fingerprint density at radius 3 is 1.75 bits per heavy atom. The van der Waals surface area contributed by atoms with Crippen molar-refractivity contribution in [3.63, 3.8) is 0 Å². The van der Waals surface area contributed by atoms with Gasteiger partial charge < -0.3 is 25.1 Å². The summed E-state index contributed by atoms with van der Waals surface area (Å²) < 4.78 is 0. The first kappa shape index (κ1) is 15.4. The van der Waals surface area contributed by atoms with E-state index in [1.165, 1.54) is 0 Å². The summed E-state index contributed by atoms with van der Waals surface area (Å²) in [5.41, 5.74) is 0. The van der Waals surface area contributed by atoms with E-state index in [0.717, 1.165) is 0 Å². The van der Waals surface area contributed by atoms with Crippen molar-refractivity contribution in [2.24, 2.45) is 5.92 Å². The normalized spacial score (nSPS) is 25.7. The fourth-order valence-electron chi connectivity index (χ4n) is 0.821. The zero-order chi connectivity index (χ0) is 7.72. The molecule has 0 saturated carbocycles. The molecule has 0 radical (unpaired) electrons. The van der Waals surface area contributed by atoms with E-state index in [9.17, 15) is 19.8 Å². The van der Waals surface area contributed by atoms with Gasteiger partial charge in [-0.3, -0.25) is 0 Å². The van der Waals surface area contributed by atoms with Gasteiger partial charge in [-0.25, -0.2) is 0 Å². The van der Waals surface area contributed by atoms with E-state index in [2.05, 4.69) is 5.32 Å². The van der Waals surface area contributed by atoms with Crippen LogP contribution in [0.3, 0.4) is 0 Å². The SMILES string of the molecule is O=C([O-])C1CNC1C(=O)[O-].[Na+].[Na+]. The summed E-state index contributed by atoms with van der Waals surface area (Å²) in [5, 5.41) is 22.5. The Hall–Kier alpha value is 0.900. The molecule has 1 aliphatic rings. The third-order valence-corrected chi connectivity index (χ3v) is 1.52. The van der Waals surface area contributed by atoms with Crippen LogP contribution in [0.1, 0.15) is 0 Å². The van der Waals surface area contributed by atoms with E-state index in [1.807, 2.05) is 0 Å². The summed E-state index contributed by atoms with van der Waals surface area (Å²) in [6.07, 6.45) is 0. The maximum Gasteiger partial charge on any atom is 1.00 e. The molecule has 0 spiro atoms. The zero-order valence-corrected chi connectivity index (χ0v) is 11.0. The van der Waals surface area contributed by atoms with E-state index >= 15 is 0 Å². The van der Waals surface area contributed by atoms with Crippen LogP contribution in [0.25, 0.3) is 0 Å². The smallest absolute Gasteiger partial charge is 0.550 e. The number of aliphatic carboxylic acids is 2. The Morgan fingerprint density at radius 2 is 1.67 bits per heavy atom. The summed E-state index contributed by atoms with van der Waals surface area (Å²) in [7, 11) is 0. The number of carbonyl (C=O) groups is 2. The van der Waals surface area contributed by atoms with Gasteiger partial charge in [0.15, 0.2) is 0 Å². The molecular weight excluding hydrogens is 184 g/mol. The Balaban J connectivity index is 0. The number of hydrogen-bond donors (Lipinski definition) is 1. The Kier molecular flexibility index (Phi) is 8.16. The topological polar surface area (TPSA) is 92.3 Å². The first-order valence-electron chi connectivity index (χ1n) is 2.78. The van der Waals surface area contributed by atoms with Gasteiger partial charge in [0.1, 0.15) is 0 Å². The summed E-state index contributed by atoms with van der Waals surface area (Å²) >= 11 is 0.